The van der Waals surface area contributed by atoms with Gasteiger partial charge in [-0.25, -0.2) is 0 Å². The van der Waals surface area contributed by atoms with E-state index in [1.54, 1.807) is 12.1 Å². The SMILES string of the molecule is FC(F)(F)Oc1ccc2sccc2c1. The minimum absolute atomic E-state index is 0.177. The molecule has 0 saturated carbocycles. The van der Waals surface area contributed by atoms with Crippen LogP contribution in [0.4, 0.5) is 13.2 Å². The molecule has 0 saturated heterocycles. The molecule has 0 N–H and O–H groups in total. The average Bonchev–Trinajstić information content (AvgIpc) is 2.47. The van der Waals surface area contributed by atoms with E-state index in [0.717, 1.165) is 10.1 Å². The predicted molar refractivity (Wildman–Crippen MR) is 48.5 cm³/mol. The van der Waals surface area contributed by atoms with Crippen molar-refractivity contribution in [1.82, 2.24) is 0 Å². The fourth-order valence-electron chi connectivity index (χ4n) is 1.14. The van der Waals surface area contributed by atoms with Gasteiger partial charge in [-0.2, -0.15) is 0 Å². The highest BCUT2D eigenvalue weighted by atomic mass is 32.1. The van der Waals surface area contributed by atoms with Gasteiger partial charge in [-0.1, -0.05) is 0 Å². The van der Waals surface area contributed by atoms with E-state index >= 15 is 0 Å². The molecule has 2 rings (SSSR count). The number of hydrogen-bond acceptors (Lipinski definition) is 2. The van der Waals surface area contributed by atoms with Crippen molar-refractivity contribution in [2.45, 2.75) is 6.36 Å². The summed E-state index contributed by atoms with van der Waals surface area (Å²) in [5.41, 5.74) is 0. The molecule has 2 aromatic rings. The van der Waals surface area contributed by atoms with Gasteiger partial charge in [0.1, 0.15) is 5.75 Å². The number of rotatable bonds is 1. The van der Waals surface area contributed by atoms with E-state index in [2.05, 4.69) is 4.74 Å². The van der Waals surface area contributed by atoms with Crippen molar-refractivity contribution in [1.29, 1.82) is 0 Å². The zero-order valence-electron chi connectivity index (χ0n) is 6.84. The smallest absolute Gasteiger partial charge is 0.406 e. The maximum absolute atomic E-state index is 11.8. The Kier molecular flexibility index (Phi) is 2.11. The summed E-state index contributed by atoms with van der Waals surface area (Å²) in [5, 5.41) is 2.58. The Labute approximate surface area is 81.7 Å². The zero-order valence-corrected chi connectivity index (χ0v) is 7.65. The molecule has 0 unspecified atom stereocenters. The van der Waals surface area contributed by atoms with Gasteiger partial charge in [0, 0.05) is 4.70 Å². The quantitative estimate of drug-likeness (QED) is 0.707. The van der Waals surface area contributed by atoms with Crippen molar-refractivity contribution < 1.29 is 17.9 Å². The summed E-state index contributed by atoms with van der Waals surface area (Å²) in [7, 11) is 0. The molecular weight excluding hydrogens is 213 g/mol. The van der Waals surface area contributed by atoms with Crippen LogP contribution in [0.5, 0.6) is 5.75 Å². The third-order valence-corrected chi connectivity index (χ3v) is 2.56. The molecule has 14 heavy (non-hydrogen) atoms. The number of fused-ring (bicyclic) bond motifs is 1. The average molecular weight is 218 g/mol. The van der Waals surface area contributed by atoms with E-state index in [0.29, 0.717) is 0 Å². The topological polar surface area (TPSA) is 9.23 Å². The van der Waals surface area contributed by atoms with E-state index in [9.17, 15) is 13.2 Å². The van der Waals surface area contributed by atoms with Crippen LogP contribution in [0.2, 0.25) is 0 Å². The summed E-state index contributed by atoms with van der Waals surface area (Å²) >= 11 is 1.48. The van der Waals surface area contributed by atoms with Gasteiger partial charge in [-0.3, -0.25) is 0 Å². The third kappa shape index (κ3) is 1.98. The van der Waals surface area contributed by atoms with E-state index in [1.807, 2.05) is 5.38 Å². The highest BCUT2D eigenvalue weighted by Gasteiger charge is 2.31. The number of alkyl halides is 3. The fourth-order valence-corrected chi connectivity index (χ4v) is 1.91. The van der Waals surface area contributed by atoms with Gasteiger partial charge >= 0.3 is 6.36 Å². The molecule has 74 valence electrons. The summed E-state index contributed by atoms with van der Waals surface area (Å²) in [5.74, 6) is -0.177. The molecule has 0 atom stereocenters. The molecule has 0 spiro atoms. The van der Waals surface area contributed by atoms with E-state index in [1.165, 1.54) is 23.5 Å². The number of halogens is 3. The van der Waals surface area contributed by atoms with Crippen LogP contribution in [0.3, 0.4) is 0 Å². The Morgan fingerprint density at radius 3 is 2.64 bits per heavy atom. The minimum Gasteiger partial charge on any atom is -0.406 e. The Bertz CT molecular complexity index is 446. The van der Waals surface area contributed by atoms with Gasteiger partial charge < -0.3 is 4.74 Å². The summed E-state index contributed by atoms with van der Waals surface area (Å²) in [4.78, 5) is 0. The van der Waals surface area contributed by atoms with Crippen LogP contribution < -0.4 is 4.74 Å². The zero-order chi connectivity index (χ0) is 10.2. The Hall–Kier alpha value is -1.23. The standard InChI is InChI=1S/C9H5F3OS/c10-9(11,12)13-7-1-2-8-6(5-7)3-4-14-8/h1-5H. The molecule has 1 aromatic heterocycles. The van der Waals surface area contributed by atoms with Crippen molar-refractivity contribution in [3.05, 3.63) is 29.6 Å². The van der Waals surface area contributed by atoms with Gasteiger partial charge in [0.2, 0.25) is 0 Å². The van der Waals surface area contributed by atoms with E-state index < -0.39 is 6.36 Å². The highest BCUT2D eigenvalue weighted by molar-refractivity contribution is 7.17. The van der Waals surface area contributed by atoms with Crippen molar-refractivity contribution in [2.24, 2.45) is 0 Å². The molecule has 0 bridgehead atoms. The molecule has 0 radical (unpaired) electrons. The van der Waals surface area contributed by atoms with Crippen molar-refractivity contribution >= 4 is 21.4 Å². The summed E-state index contributed by atoms with van der Waals surface area (Å²) in [6.45, 7) is 0. The predicted octanol–water partition coefficient (Wildman–Crippen LogP) is 3.80. The lowest BCUT2D eigenvalue weighted by atomic mass is 10.2. The Morgan fingerprint density at radius 2 is 1.93 bits per heavy atom. The summed E-state index contributed by atoms with van der Waals surface area (Å²) in [6.07, 6.45) is -4.62. The van der Waals surface area contributed by atoms with E-state index in [-0.39, 0.29) is 5.75 Å². The van der Waals surface area contributed by atoms with Crippen LogP contribution in [0, 0.1) is 0 Å². The van der Waals surface area contributed by atoms with Crippen molar-refractivity contribution in [3.63, 3.8) is 0 Å². The fraction of sp³-hybridized carbons (Fsp3) is 0.111. The van der Waals surface area contributed by atoms with Crippen LogP contribution in [0.25, 0.3) is 10.1 Å². The van der Waals surface area contributed by atoms with E-state index in [4.69, 9.17) is 0 Å². The first-order valence-corrected chi connectivity index (χ1v) is 4.65. The molecule has 5 heteroatoms. The number of benzene rings is 1. The lowest BCUT2D eigenvalue weighted by Gasteiger charge is -2.08. The minimum atomic E-state index is -4.62. The van der Waals surface area contributed by atoms with Gasteiger partial charge in [-0.05, 0) is 35.0 Å². The molecule has 1 aromatic carbocycles. The maximum Gasteiger partial charge on any atom is 0.573 e. The largest absolute Gasteiger partial charge is 0.573 e. The molecule has 1 heterocycles. The number of thiophene rings is 1. The van der Waals surface area contributed by atoms with Crippen LogP contribution in [-0.4, -0.2) is 6.36 Å². The molecule has 0 fully saturated rings. The monoisotopic (exact) mass is 218 g/mol. The molecule has 0 amide bonds. The second kappa shape index (κ2) is 3.16. The summed E-state index contributed by atoms with van der Waals surface area (Å²) < 4.78 is 40.3. The lowest BCUT2D eigenvalue weighted by Crippen LogP contribution is -2.16. The third-order valence-electron chi connectivity index (χ3n) is 1.66. The second-order valence-corrected chi connectivity index (χ2v) is 3.62. The van der Waals surface area contributed by atoms with Crippen molar-refractivity contribution in [2.75, 3.05) is 0 Å². The van der Waals surface area contributed by atoms with Gasteiger partial charge in [0.15, 0.2) is 0 Å². The molecular formula is C9H5F3OS. The lowest BCUT2D eigenvalue weighted by molar-refractivity contribution is -0.274. The van der Waals surface area contributed by atoms with Crippen LogP contribution in [0.1, 0.15) is 0 Å². The van der Waals surface area contributed by atoms with Crippen LogP contribution in [0.15, 0.2) is 29.6 Å². The first-order chi connectivity index (χ1) is 6.54. The second-order valence-electron chi connectivity index (χ2n) is 2.67. The molecule has 0 aliphatic rings. The van der Waals surface area contributed by atoms with Gasteiger partial charge in [0.05, 0.1) is 0 Å². The van der Waals surface area contributed by atoms with Gasteiger partial charge in [-0.15, -0.1) is 24.5 Å². The number of hydrogen-bond donors (Lipinski definition) is 0. The normalized spacial score (nSPS) is 11.9. The van der Waals surface area contributed by atoms with Crippen LogP contribution in [-0.2, 0) is 0 Å². The number of ether oxygens (including phenoxy) is 1. The first kappa shape index (κ1) is 9.33. The highest BCUT2D eigenvalue weighted by Crippen LogP contribution is 2.28. The molecule has 1 nitrogen and oxygen atoms in total. The Balaban J connectivity index is 2.35. The van der Waals surface area contributed by atoms with Crippen molar-refractivity contribution in [3.8, 4) is 5.75 Å². The van der Waals surface area contributed by atoms with Crippen LogP contribution >= 0.6 is 11.3 Å². The Morgan fingerprint density at radius 1 is 1.14 bits per heavy atom. The molecule has 0 aliphatic carbocycles. The summed E-state index contributed by atoms with van der Waals surface area (Å²) in [6, 6.07) is 6.05. The van der Waals surface area contributed by atoms with Gasteiger partial charge in [0.25, 0.3) is 0 Å². The maximum atomic E-state index is 11.8. The first-order valence-electron chi connectivity index (χ1n) is 3.78. The molecule has 0 aliphatic heterocycles.